The fourth-order valence-corrected chi connectivity index (χ4v) is 3.57. The minimum Gasteiger partial charge on any atom is -0.371 e. The van der Waals surface area contributed by atoms with Crippen molar-refractivity contribution in [2.24, 2.45) is 13.0 Å². The average Bonchev–Trinajstić information content (AvgIpc) is 2.89. The fourth-order valence-electron chi connectivity index (χ4n) is 3.57. The third-order valence-electron chi connectivity index (χ3n) is 4.51. The van der Waals surface area contributed by atoms with Crippen LogP contribution in [-0.2, 0) is 18.3 Å². The summed E-state index contributed by atoms with van der Waals surface area (Å²) in [4.78, 5) is 2.48. The lowest BCUT2D eigenvalue weighted by atomic mass is 10.2. The van der Waals surface area contributed by atoms with E-state index in [-0.39, 0.29) is 0 Å². The van der Waals surface area contributed by atoms with Crippen LogP contribution in [0.15, 0.2) is 0 Å². The molecule has 5 heteroatoms. The Morgan fingerprint density at radius 3 is 2.57 bits per heavy atom. The topological polar surface area (TPSA) is 42.3 Å². The first kappa shape index (κ1) is 14.9. The van der Waals surface area contributed by atoms with Crippen LogP contribution in [0, 0.1) is 12.8 Å². The Bertz CT molecular complexity index is 485. The fraction of sp³-hybridized carbons (Fsp3) is 0.812. The van der Waals surface area contributed by atoms with Gasteiger partial charge in [-0.25, -0.2) is 0 Å². The number of aryl methyl sites for hydroxylation is 2. The molecule has 21 heavy (non-hydrogen) atoms. The molecule has 1 aromatic heterocycles. The van der Waals surface area contributed by atoms with Crippen LogP contribution in [-0.4, -0.2) is 41.6 Å². The van der Waals surface area contributed by atoms with E-state index >= 15 is 0 Å². The van der Waals surface area contributed by atoms with Crippen LogP contribution < -0.4 is 10.2 Å². The van der Waals surface area contributed by atoms with E-state index in [2.05, 4.69) is 43.1 Å². The number of nitrogens with one attached hydrogen (secondary N) is 1. The van der Waals surface area contributed by atoms with E-state index in [4.69, 9.17) is 4.74 Å². The zero-order valence-corrected chi connectivity index (χ0v) is 13.7. The van der Waals surface area contributed by atoms with Crippen molar-refractivity contribution in [3.63, 3.8) is 0 Å². The molecule has 2 atom stereocenters. The molecule has 0 amide bonds. The highest BCUT2D eigenvalue weighted by Gasteiger charge is 2.35. The summed E-state index contributed by atoms with van der Waals surface area (Å²) in [7, 11) is 2.06. The summed E-state index contributed by atoms with van der Waals surface area (Å²) in [5, 5.41) is 8.21. The summed E-state index contributed by atoms with van der Waals surface area (Å²) in [5.74, 6) is 1.95. The Balaban J connectivity index is 1.77. The zero-order valence-electron chi connectivity index (χ0n) is 13.7. The van der Waals surface area contributed by atoms with Crippen LogP contribution in [0.25, 0.3) is 0 Å². The molecule has 1 aromatic rings. The molecule has 5 nitrogen and oxygen atoms in total. The van der Waals surface area contributed by atoms with Crippen LogP contribution in [0.3, 0.4) is 0 Å². The van der Waals surface area contributed by atoms with Crippen molar-refractivity contribution in [1.29, 1.82) is 0 Å². The molecule has 1 N–H and O–H groups in total. The molecular formula is C16H28N4O. The van der Waals surface area contributed by atoms with Crippen LogP contribution in [0.2, 0.25) is 0 Å². The smallest absolute Gasteiger partial charge is 0.131 e. The van der Waals surface area contributed by atoms with Crippen molar-refractivity contribution in [1.82, 2.24) is 15.1 Å². The third kappa shape index (κ3) is 3.09. The van der Waals surface area contributed by atoms with Gasteiger partial charge in [0.1, 0.15) is 5.82 Å². The van der Waals surface area contributed by atoms with Gasteiger partial charge in [0.15, 0.2) is 0 Å². The monoisotopic (exact) mass is 292 g/mol. The maximum atomic E-state index is 5.96. The SMILES string of the molecule is Cc1nn(C)c(N2CC3CCC(C2)O3)c1CNCC(C)C. The molecule has 3 heterocycles. The number of hydrogen-bond acceptors (Lipinski definition) is 4. The maximum absolute atomic E-state index is 5.96. The van der Waals surface area contributed by atoms with Gasteiger partial charge in [-0.05, 0) is 32.2 Å². The highest BCUT2D eigenvalue weighted by atomic mass is 16.5. The lowest BCUT2D eigenvalue weighted by Crippen LogP contribution is -2.44. The number of hydrogen-bond donors (Lipinski definition) is 1. The second kappa shape index (κ2) is 5.97. The number of nitrogens with zero attached hydrogens (tertiary/aromatic N) is 3. The van der Waals surface area contributed by atoms with E-state index in [1.165, 1.54) is 24.2 Å². The molecule has 2 aliphatic heterocycles. The predicted molar refractivity (Wildman–Crippen MR) is 84.6 cm³/mol. The first-order chi connectivity index (χ1) is 10.0. The zero-order chi connectivity index (χ0) is 15.0. The molecule has 0 aliphatic carbocycles. The van der Waals surface area contributed by atoms with Crippen molar-refractivity contribution < 1.29 is 4.74 Å². The summed E-state index contributed by atoms with van der Waals surface area (Å²) in [6.07, 6.45) is 3.24. The largest absolute Gasteiger partial charge is 0.371 e. The Morgan fingerprint density at radius 2 is 1.95 bits per heavy atom. The van der Waals surface area contributed by atoms with Crippen molar-refractivity contribution in [2.45, 2.75) is 52.4 Å². The van der Waals surface area contributed by atoms with Crippen LogP contribution in [0.4, 0.5) is 5.82 Å². The van der Waals surface area contributed by atoms with Gasteiger partial charge in [-0.3, -0.25) is 4.68 Å². The molecule has 2 bridgehead atoms. The summed E-state index contributed by atoms with van der Waals surface area (Å²) in [6, 6.07) is 0. The maximum Gasteiger partial charge on any atom is 0.131 e. The van der Waals surface area contributed by atoms with E-state index < -0.39 is 0 Å². The van der Waals surface area contributed by atoms with E-state index in [1.807, 2.05) is 4.68 Å². The number of morpholine rings is 1. The van der Waals surface area contributed by atoms with Crippen molar-refractivity contribution >= 4 is 5.82 Å². The van der Waals surface area contributed by atoms with Crippen molar-refractivity contribution in [3.8, 4) is 0 Å². The molecule has 2 fully saturated rings. The van der Waals surface area contributed by atoms with Crippen LogP contribution in [0.5, 0.6) is 0 Å². The minimum atomic E-state index is 0.412. The second-order valence-corrected chi connectivity index (χ2v) is 6.90. The number of aromatic nitrogens is 2. The molecule has 0 saturated carbocycles. The Labute approximate surface area is 127 Å². The standard InChI is InChI=1S/C16H28N4O/c1-11(2)7-17-8-15-12(3)18-19(4)16(15)20-9-13-5-6-14(10-20)21-13/h11,13-14,17H,5-10H2,1-4H3. The van der Waals surface area contributed by atoms with E-state index in [9.17, 15) is 0 Å². The number of anilines is 1. The van der Waals surface area contributed by atoms with Crippen molar-refractivity contribution in [3.05, 3.63) is 11.3 Å². The Kier molecular flexibility index (Phi) is 4.22. The Morgan fingerprint density at radius 1 is 1.29 bits per heavy atom. The lowest BCUT2D eigenvalue weighted by molar-refractivity contribution is 0.0299. The van der Waals surface area contributed by atoms with Crippen molar-refractivity contribution in [2.75, 3.05) is 24.5 Å². The quantitative estimate of drug-likeness (QED) is 0.899. The average molecular weight is 292 g/mol. The highest BCUT2D eigenvalue weighted by Crippen LogP contribution is 2.32. The molecule has 118 valence electrons. The predicted octanol–water partition coefficient (Wildman–Crippen LogP) is 1.84. The summed E-state index contributed by atoms with van der Waals surface area (Å²) in [5.41, 5.74) is 2.49. The summed E-state index contributed by atoms with van der Waals surface area (Å²) >= 11 is 0. The van der Waals surface area contributed by atoms with Gasteiger partial charge in [0.2, 0.25) is 0 Å². The molecule has 2 unspecified atom stereocenters. The molecule has 0 aromatic carbocycles. The minimum absolute atomic E-state index is 0.412. The normalized spacial score (nSPS) is 25.1. The van der Waals surface area contributed by atoms with Crippen LogP contribution >= 0.6 is 0 Å². The molecule has 2 aliphatic rings. The van der Waals surface area contributed by atoms with E-state index in [1.54, 1.807) is 0 Å². The van der Waals surface area contributed by atoms with Gasteiger partial charge < -0.3 is 15.0 Å². The van der Waals surface area contributed by atoms with Gasteiger partial charge in [-0.1, -0.05) is 13.8 Å². The molecule has 0 spiro atoms. The van der Waals surface area contributed by atoms with Gasteiger partial charge in [-0.2, -0.15) is 5.10 Å². The molecule has 0 radical (unpaired) electrons. The third-order valence-corrected chi connectivity index (χ3v) is 4.51. The molecule has 3 rings (SSSR count). The highest BCUT2D eigenvalue weighted by molar-refractivity contribution is 5.51. The van der Waals surface area contributed by atoms with E-state index in [0.717, 1.165) is 31.9 Å². The summed E-state index contributed by atoms with van der Waals surface area (Å²) in [6.45, 7) is 10.6. The second-order valence-electron chi connectivity index (χ2n) is 6.90. The van der Waals surface area contributed by atoms with Gasteiger partial charge in [0.05, 0.1) is 17.9 Å². The van der Waals surface area contributed by atoms with Gasteiger partial charge in [-0.15, -0.1) is 0 Å². The first-order valence-electron chi connectivity index (χ1n) is 8.18. The number of rotatable bonds is 5. The summed E-state index contributed by atoms with van der Waals surface area (Å²) < 4.78 is 8.01. The van der Waals surface area contributed by atoms with Gasteiger partial charge in [0, 0.05) is 32.2 Å². The first-order valence-corrected chi connectivity index (χ1v) is 8.18. The number of fused-ring (bicyclic) bond motifs is 2. The van der Waals surface area contributed by atoms with Gasteiger partial charge >= 0.3 is 0 Å². The molecular weight excluding hydrogens is 264 g/mol. The lowest BCUT2D eigenvalue weighted by Gasteiger charge is -2.34. The Hall–Kier alpha value is -1.07. The van der Waals surface area contributed by atoms with E-state index in [0.29, 0.717) is 18.1 Å². The molecule has 2 saturated heterocycles. The van der Waals surface area contributed by atoms with Gasteiger partial charge in [0.25, 0.3) is 0 Å². The van der Waals surface area contributed by atoms with Crippen LogP contribution in [0.1, 0.15) is 37.9 Å². The number of ether oxygens (including phenoxy) is 1.